The quantitative estimate of drug-likeness (QED) is 0.738. The molecule has 92 valence electrons. The minimum Gasteiger partial charge on any atom is -0.478 e. The Labute approximate surface area is 99.5 Å². The van der Waals surface area contributed by atoms with E-state index in [1.54, 1.807) is 6.07 Å². The number of hydrogen-bond donors (Lipinski definition) is 3. The second kappa shape index (κ2) is 4.71. The van der Waals surface area contributed by atoms with Gasteiger partial charge in [0.05, 0.1) is 11.2 Å². The molecule has 0 aliphatic heterocycles. The second-order valence-electron chi connectivity index (χ2n) is 4.52. The number of aromatic nitrogens is 1. The first-order valence-corrected chi connectivity index (χ1v) is 5.75. The highest BCUT2D eigenvalue weighted by Gasteiger charge is 2.30. The molecule has 0 aromatic carbocycles. The minimum atomic E-state index is -0.988. The highest BCUT2D eigenvalue weighted by atomic mass is 16.4. The van der Waals surface area contributed by atoms with Crippen LogP contribution in [0.2, 0.25) is 0 Å². The van der Waals surface area contributed by atoms with E-state index in [1.807, 2.05) is 0 Å². The lowest BCUT2D eigenvalue weighted by atomic mass is 10.0. The van der Waals surface area contributed by atoms with Crippen LogP contribution in [-0.2, 0) is 0 Å². The van der Waals surface area contributed by atoms with Crippen molar-refractivity contribution in [3.63, 3.8) is 0 Å². The molecule has 1 saturated carbocycles. The molecule has 0 unspecified atom stereocenters. The average molecular weight is 236 g/mol. The number of nitrogens with zero attached hydrogens (tertiary/aromatic N) is 1. The van der Waals surface area contributed by atoms with Crippen LogP contribution in [0.3, 0.4) is 0 Å². The van der Waals surface area contributed by atoms with Gasteiger partial charge in [-0.1, -0.05) is 12.8 Å². The van der Waals surface area contributed by atoms with Gasteiger partial charge in [-0.25, -0.2) is 9.78 Å². The van der Waals surface area contributed by atoms with Crippen molar-refractivity contribution in [1.82, 2.24) is 4.98 Å². The van der Waals surface area contributed by atoms with Gasteiger partial charge in [0.25, 0.3) is 0 Å². The summed E-state index contributed by atoms with van der Waals surface area (Å²) < 4.78 is 0. The Morgan fingerprint density at radius 1 is 1.41 bits per heavy atom. The van der Waals surface area contributed by atoms with Crippen molar-refractivity contribution >= 4 is 11.8 Å². The number of nitrogens with one attached hydrogen (secondary N) is 1. The monoisotopic (exact) mass is 236 g/mol. The molecular formula is C12H16N2O3. The fourth-order valence-corrected chi connectivity index (χ4v) is 2.09. The molecular weight excluding hydrogens is 220 g/mol. The Hall–Kier alpha value is -1.62. The van der Waals surface area contributed by atoms with E-state index in [4.69, 9.17) is 5.11 Å². The normalized spacial score (nSPS) is 17.9. The van der Waals surface area contributed by atoms with Crippen molar-refractivity contribution in [2.45, 2.75) is 31.3 Å². The van der Waals surface area contributed by atoms with E-state index in [0.717, 1.165) is 25.7 Å². The Morgan fingerprint density at radius 2 is 2.12 bits per heavy atom. The first-order valence-electron chi connectivity index (χ1n) is 5.75. The SMILES string of the molecule is O=C(O)c1ccc(NCC2(O)CCCC2)nc1. The fraction of sp³-hybridized carbons (Fsp3) is 0.500. The van der Waals surface area contributed by atoms with Crippen molar-refractivity contribution in [1.29, 1.82) is 0 Å². The minimum absolute atomic E-state index is 0.162. The third kappa shape index (κ3) is 2.94. The van der Waals surface area contributed by atoms with Gasteiger partial charge in [-0.3, -0.25) is 0 Å². The Bertz CT molecular complexity index is 397. The van der Waals surface area contributed by atoms with Crippen molar-refractivity contribution in [3.05, 3.63) is 23.9 Å². The number of carboxylic acids is 1. The summed E-state index contributed by atoms with van der Waals surface area (Å²) in [6.07, 6.45) is 5.05. The number of carbonyl (C=O) groups is 1. The molecule has 5 heteroatoms. The lowest BCUT2D eigenvalue weighted by Gasteiger charge is -2.22. The van der Waals surface area contributed by atoms with Gasteiger partial charge in [-0.2, -0.15) is 0 Å². The van der Waals surface area contributed by atoms with E-state index in [9.17, 15) is 9.90 Å². The van der Waals surface area contributed by atoms with Crippen LogP contribution in [0.5, 0.6) is 0 Å². The van der Waals surface area contributed by atoms with Crippen molar-refractivity contribution in [3.8, 4) is 0 Å². The number of anilines is 1. The molecule has 0 spiro atoms. The van der Waals surface area contributed by atoms with Gasteiger partial charge >= 0.3 is 5.97 Å². The van der Waals surface area contributed by atoms with Crippen LogP contribution in [0.4, 0.5) is 5.82 Å². The highest BCUT2D eigenvalue weighted by molar-refractivity contribution is 5.87. The van der Waals surface area contributed by atoms with Crippen LogP contribution in [0.15, 0.2) is 18.3 Å². The average Bonchev–Trinajstić information content (AvgIpc) is 2.75. The zero-order valence-electron chi connectivity index (χ0n) is 9.52. The van der Waals surface area contributed by atoms with E-state index < -0.39 is 11.6 Å². The third-order valence-electron chi connectivity index (χ3n) is 3.14. The molecule has 1 aromatic heterocycles. The summed E-state index contributed by atoms with van der Waals surface area (Å²) in [5.74, 6) is -0.395. The van der Waals surface area contributed by atoms with Crippen LogP contribution in [-0.4, -0.2) is 33.3 Å². The summed E-state index contributed by atoms with van der Waals surface area (Å²) in [7, 11) is 0. The Kier molecular flexibility index (Phi) is 3.28. The third-order valence-corrected chi connectivity index (χ3v) is 3.14. The van der Waals surface area contributed by atoms with Gasteiger partial charge in [0.1, 0.15) is 5.82 Å². The fourth-order valence-electron chi connectivity index (χ4n) is 2.09. The molecule has 1 aliphatic rings. The van der Waals surface area contributed by atoms with E-state index in [2.05, 4.69) is 10.3 Å². The van der Waals surface area contributed by atoms with E-state index in [1.165, 1.54) is 12.3 Å². The Balaban J connectivity index is 1.93. The van der Waals surface area contributed by atoms with E-state index in [-0.39, 0.29) is 5.56 Å². The molecule has 0 radical (unpaired) electrons. The van der Waals surface area contributed by atoms with Gasteiger partial charge in [0, 0.05) is 12.7 Å². The topological polar surface area (TPSA) is 82.5 Å². The molecule has 5 nitrogen and oxygen atoms in total. The summed E-state index contributed by atoms with van der Waals surface area (Å²) in [5, 5.41) is 21.9. The number of aromatic carboxylic acids is 1. The molecule has 3 N–H and O–H groups in total. The Morgan fingerprint density at radius 3 is 2.65 bits per heavy atom. The van der Waals surface area contributed by atoms with E-state index >= 15 is 0 Å². The summed E-state index contributed by atoms with van der Waals surface area (Å²) in [6, 6.07) is 3.11. The zero-order chi connectivity index (χ0) is 12.3. The number of pyridine rings is 1. The summed E-state index contributed by atoms with van der Waals surface area (Å²) in [5.41, 5.74) is -0.470. The first kappa shape index (κ1) is 11.9. The molecule has 0 saturated heterocycles. The van der Waals surface area contributed by atoms with Crippen molar-refractivity contribution < 1.29 is 15.0 Å². The van der Waals surface area contributed by atoms with Gasteiger partial charge in [-0.05, 0) is 25.0 Å². The number of carboxylic acid groups (broad SMARTS) is 1. The highest BCUT2D eigenvalue weighted by Crippen LogP contribution is 2.29. The van der Waals surface area contributed by atoms with Gasteiger partial charge in [0.15, 0.2) is 0 Å². The maximum absolute atomic E-state index is 10.6. The molecule has 1 aliphatic carbocycles. The van der Waals surface area contributed by atoms with Crippen LogP contribution in [0.1, 0.15) is 36.0 Å². The van der Waals surface area contributed by atoms with Crippen LogP contribution < -0.4 is 5.32 Å². The van der Waals surface area contributed by atoms with Gasteiger partial charge in [0.2, 0.25) is 0 Å². The van der Waals surface area contributed by atoms with Gasteiger partial charge in [-0.15, -0.1) is 0 Å². The van der Waals surface area contributed by atoms with Crippen LogP contribution in [0.25, 0.3) is 0 Å². The smallest absolute Gasteiger partial charge is 0.337 e. The standard InChI is InChI=1S/C12H16N2O3/c15-11(16)9-3-4-10(13-7-9)14-8-12(17)5-1-2-6-12/h3-4,7,17H,1-2,5-6,8H2,(H,13,14)(H,15,16). The predicted octanol–water partition coefficient (Wildman–Crippen LogP) is 1.50. The molecule has 17 heavy (non-hydrogen) atoms. The second-order valence-corrected chi connectivity index (χ2v) is 4.52. The lowest BCUT2D eigenvalue weighted by Crippen LogP contribution is -2.33. The largest absolute Gasteiger partial charge is 0.478 e. The van der Waals surface area contributed by atoms with Crippen LogP contribution in [0, 0.1) is 0 Å². The lowest BCUT2D eigenvalue weighted by molar-refractivity contribution is 0.0613. The zero-order valence-corrected chi connectivity index (χ0v) is 9.52. The predicted molar refractivity (Wildman–Crippen MR) is 63.1 cm³/mol. The number of hydrogen-bond acceptors (Lipinski definition) is 4. The van der Waals surface area contributed by atoms with Gasteiger partial charge < -0.3 is 15.5 Å². The van der Waals surface area contributed by atoms with Crippen molar-refractivity contribution in [2.75, 3.05) is 11.9 Å². The maximum atomic E-state index is 10.6. The number of rotatable bonds is 4. The van der Waals surface area contributed by atoms with Crippen LogP contribution >= 0.6 is 0 Å². The maximum Gasteiger partial charge on any atom is 0.337 e. The molecule has 1 fully saturated rings. The summed E-state index contributed by atoms with van der Waals surface area (Å²) in [4.78, 5) is 14.6. The van der Waals surface area contributed by atoms with E-state index in [0.29, 0.717) is 12.4 Å². The molecule has 1 heterocycles. The number of aliphatic hydroxyl groups is 1. The summed E-state index contributed by atoms with van der Waals surface area (Å²) in [6.45, 7) is 0.465. The summed E-state index contributed by atoms with van der Waals surface area (Å²) >= 11 is 0. The molecule has 2 rings (SSSR count). The molecule has 0 amide bonds. The molecule has 1 aromatic rings. The molecule has 0 atom stereocenters. The molecule has 0 bridgehead atoms. The van der Waals surface area contributed by atoms with Crippen molar-refractivity contribution in [2.24, 2.45) is 0 Å². The first-order chi connectivity index (χ1) is 8.09.